The Kier molecular flexibility index (Phi) is 3.32. The number of aromatic nitrogens is 2. The summed E-state index contributed by atoms with van der Waals surface area (Å²) in [7, 11) is 0. The van der Waals surface area contributed by atoms with Gasteiger partial charge >= 0.3 is 0 Å². The van der Waals surface area contributed by atoms with Crippen LogP contribution in [-0.2, 0) is 4.74 Å². The van der Waals surface area contributed by atoms with Gasteiger partial charge in [0, 0.05) is 12.6 Å². The van der Waals surface area contributed by atoms with Gasteiger partial charge in [0.2, 0.25) is 0 Å². The molecule has 1 fully saturated rings. The van der Waals surface area contributed by atoms with Crippen molar-refractivity contribution in [1.82, 2.24) is 10.2 Å². The van der Waals surface area contributed by atoms with Crippen LogP contribution in [0.25, 0.3) is 0 Å². The first-order chi connectivity index (χ1) is 7.79. The van der Waals surface area contributed by atoms with Gasteiger partial charge in [-0.2, -0.15) is 10.4 Å². The predicted octanol–water partition coefficient (Wildman–Crippen LogP) is 1.33. The van der Waals surface area contributed by atoms with Crippen molar-refractivity contribution in [2.45, 2.75) is 31.9 Å². The van der Waals surface area contributed by atoms with E-state index in [1.165, 1.54) is 6.20 Å². The largest absolute Gasteiger partial charge is 0.378 e. The van der Waals surface area contributed by atoms with Gasteiger partial charge in [0.05, 0.1) is 17.9 Å². The summed E-state index contributed by atoms with van der Waals surface area (Å²) in [6.45, 7) is 2.80. The lowest BCUT2D eigenvalue weighted by Crippen LogP contribution is -2.33. The van der Waals surface area contributed by atoms with Crippen molar-refractivity contribution in [3.05, 3.63) is 17.8 Å². The lowest BCUT2D eigenvalue weighted by molar-refractivity contribution is 0.0231. The number of anilines is 1. The molecule has 2 atom stereocenters. The molecule has 1 aromatic rings. The SMILES string of the molecule is CC1CC(Nc2nnccc2C#N)CCO1. The molecule has 1 N–H and O–H groups in total. The first kappa shape index (κ1) is 10.8. The van der Waals surface area contributed by atoms with E-state index in [1.54, 1.807) is 6.07 Å². The van der Waals surface area contributed by atoms with Crippen LogP contribution in [0.2, 0.25) is 0 Å². The van der Waals surface area contributed by atoms with Crippen LogP contribution in [0.15, 0.2) is 12.3 Å². The van der Waals surface area contributed by atoms with Gasteiger partial charge in [0.25, 0.3) is 0 Å². The van der Waals surface area contributed by atoms with Crippen molar-refractivity contribution < 1.29 is 4.74 Å². The molecule has 5 heteroatoms. The summed E-state index contributed by atoms with van der Waals surface area (Å²) in [5, 5.41) is 19.9. The van der Waals surface area contributed by atoms with Crippen LogP contribution >= 0.6 is 0 Å². The van der Waals surface area contributed by atoms with E-state index in [-0.39, 0.29) is 6.10 Å². The fourth-order valence-electron chi connectivity index (χ4n) is 1.85. The van der Waals surface area contributed by atoms with E-state index in [4.69, 9.17) is 10.00 Å². The molecule has 84 valence electrons. The molecule has 0 aliphatic carbocycles. The zero-order valence-electron chi connectivity index (χ0n) is 9.18. The van der Waals surface area contributed by atoms with E-state index >= 15 is 0 Å². The topological polar surface area (TPSA) is 70.8 Å². The van der Waals surface area contributed by atoms with Crippen molar-refractivity contribution >= 4 is 5.82 Å². The first-order valence-electron chi connectivity index (χ1n) is 5.39. The Labute approximate surface area is 94.4 Å². The summed E-state index contributed by atoms with van der Waals surface area (Å²) in [5.41, 5.74) is 0.536. The van der Waals surface area contributed by atoms with Gasteiger partial charge in [0.15, 0.2) is 5.82 Å². The molecule has 1 aliphatic rings. The molecule has 0 saturated carbocycles. The average molecular weight is 218 g/mol. The van der Waals surface area contributed by atoms with Crippen molar-refractivity contribution in [2.75, 3.05) is 11.9 Å². The maximum atomic E-state index is 8.92. The average Bonchev–Trinajstić information content (AvgIpc) is 2.30. The van der Waals surface area contributed by atoms with Crippen molar-refractivity contribution in [3.8, 4) is 6.07 Å². The molecular formula is C11H14N4O. The van der Waals surface area contributed by atoms with Crippen molar-refractivity contribution in [2.24, 2.45) is 0 Å². The van der Waals surface area contributed by atoms with E-state index < -0.39 is 0 Å². The van der Waals surface area contributed by atoms with Gasteiger partial charge in [-0.05, 0) is 25.8 Å². The number of rotatable bonds is 2. The quantitative estimate of drug-likeness (QED) is 0.810. The zero-order valence-corrected chi connectivity index (χ0v) is 9.18. The van der Waals surface area contributed by atoms with Gasteiger partial charge in [0.1, 0.15) is 6.07 Å². The molecule has 2 heterocycles. The Morgan fingerprint density at radius 3 is 3.25 bits per heavy atom. The standard InChI is InChI=1S/C11H14N4O/c1-8-6-10(3-5-16-8)14-11-9(7-12)2-4-13-15-11/h2,4,8,10H,3,5-6H2,1H3,(H,14,15). The Balaban J connectivity index is 2.06. The highest BCUT2D eigenvalue weighted by Gasteiger charge is 2.20. The van der Waals surface area contributed by atoms with E-state index in [1.807, 2.05) is 0 Å². The molecule has 0 radical (unpaired) electrons. The number of nitriles is 1. The monoisotopic (exact) mass is 218 g/mol. The molecule has 2 unspecified atom stereocenters. The summed E-state index contributed by atoms with van der Waals surface area (Å²) >= 11 is 0. The van der Waals surface area contributed by atoms with Crippen molar-refractivity contribution in [1.29, 1.82) is 5.26 Å². The maximum Gasteiger partial charge on any atom is 0.166 e. The number of ether oxygens (including phenoxy) is 1. The molecule has 2 rings (SSSR count). The third-order valence-corrected chi connectivity index (χ3v) is 2.67. The Hall–Kier alpha value is -1.67. The van der Waals surface area contributed by atoms with Crippen LogP contribution in [0, 0.1) is 11.3 Å². The molecule has 0 aromatic carbocycles. The molecule has 0 spiro atoms. The molecule has 0 bridgehead atoms. The van der Waals surface area contributed by atoms with E-state index in [9.17, 15) is 0 Å². The van der Waals surface area contributed by atoms with Crippen LogP contribution in [-0.4, -0.2) is 29.0 Å². The highest BCUT2D eigenvalue weighted by atomic mass is 16.5. The number of nitrogens with one attached hydrogen (secondary N) is 1. The minimum atomic E-state index is 0.258. The molecule has 16 heavy (non-hydrogen) atoms. The summed E-state index contributed by atoms with van der Waals surface area (Å²) in [6, 6.07) is 4.08. The maximum absolute atomic E-state index is 8.92. The van der Waals surface area contributed by atoms with Gasteiger partial charge in [-0.15, -0.1) is 5.10 Å². The van der Waals surface area contributed by atoms with Gasteiger partial charge < -0.3 is 10.1 Å². The minimum Gasteiger partial charge on any atom is -0.378 e. The fraction of sp³-hybridized carbons (Fsp3) is 0.545. The summed E-state index contributed by atoms with van der Waals surface area (Å²) < 4.78 is 5.46. The molecular weight excluding hydrogens is 204 g/mol. The third kappa shape index (κ3) is 2.47. The van der Waals surface area contributed by atoms with Crippen LogP contribution in [0.3, 0.4) is 0 Å². The normalized spacial score (nSPS) is 24.8. The van der Waals surface area contributed by atoms with E-state index in [0.29, 0.717) is 17.4 Å². The summed E-state index contributed by atoms with van der Waals surface area (Å²) in [4.78, 5) is 0. The number of nitrogens with zero attached hydrogens (tertiary/aromatic N) is 3. The number of hydrogen-bond donors (Lipinski definition) is 1. The second-order valence-electron chi connectivity index (χ2n) is 3.95. The predicted molar refractivity (Wildman–Crippen MR) is 58.8 cm³/mol. The highest BCUT2D eigenvalue weighted by molar-refractivity contribution is 5.50. The Morgan fingerprint density at radius 1 is 1.62 bits per heavy atom. The fourth-order valence-corrected chi connectivity index (χ4v) is 1.85. The second kappa shape index (κ2) is 4.90. The minimum absolute atomic E-state index is 0.258. The second-order valence-corrected chi connectivity index (χ2v) is 3.95. The highest BCUT2D eigenvalue weighted by Crippen LogP contribution is 2.18. The summed E-state index contributed by atoms with van der Waals surface area (Å²) in [5.74, 6) is 0.573. The molecule has 1 aromatic heterocycles. The van der Waals surface area contributed by atoms with Crippen LogP contribution < -0.4 is 5.32 Å². The van der Waals surface area contributed by atoms with Crippen LogP contribution in [0.4, 0.5) is 5.82 Å². The van der Waals surface area contributed by atoms with E-state index in [0.717, 1.165) is 19.4 Å². The molecule has 1 aliphatic heterocycles. The molecule has 0 amide bonds. The van der Waals surface area contributed by atoms with Crippen LogP contribution in [0.5, 0.6) is 0 Å². The smallest absolute Gasteiger partial charge is 0.166 e. The lowest BCUT2D eigenvalue weighted by Gasteiger charge is -2.28. The van der Waals surface area contributed by atoms with E-state index in [2.05, 4.69) is 28.5 Å². The third-order valence-electron chi connectivity index (χ3n) is 2.67. The molecule has 1 saturated heterocycles. The Morgan fingerprint density at radius 2 is 2.50 bits per heavy atom. The first-order valence-corrected chi connectivity index (χ1v) is 5.39. The number of hydrogen-bond acceptors (Lipinski definition) is 5. The van der Waals surface area contributed by atoms with Gasteiger partial charge in [-0.3, -0.25) is 0 Å². The Bertz CT molecular complexity index is 401. The summed E-state index contributed by atoms with van der Waals surface area (Å²) in [6.07, 6.45) is 3.65. The van der Waals surface area contributed by atoms with Gasteiger partial charge in [-0.25, -0.2) is 0 Å². The van der Waals surface area contributed by atoms with Gasteiger partial charge in [-0.1, -0.05) is 0 Å². The van der Waals surface area contributed by atoms with Crippen LogP contribution in [0.1, 0.15) is 25.3 Å². The molecule has 5 nitrogen and oxygen atoms in total. The zero-order chi connectivity index (χ0) is 11.4. The van der Waals surface area contributed by atoms with Crippen molar-refractivity contribution in [3.63, 3.8) is 0 Å². The lowest BCUT2D eigenvalue weighted by atomic mass is 10.0.